The lowest BCUT2D eigenvalue weighted by atomic mass is 9.64. The number of nitrogens with zero attached hydrogens (tertiary/aromatic N) is 1. The second-order valence-electron chi connectivity index (χ2n) is 8.40. The van der Waals surface area contributed by atoms with Gasteiger partial charge in [0.1, 0.15) is 0 Å². The highest BCUT2D eigenvalue weighted by Gasteiger charge is 2.63. The van der Waals surface area contributed by atoms with Gasteiger partial charge in [-0.05, 0) is 80.0 Å². The molecule has 1 heterocycles. The Labute approximate surface area is 131 Å². The topological polar surface area (TPSA) is 46.6 Å². The first-order chi connectivity index (χ1) is 10.7. The van der Waals surface area contributed by atoms with Gasteiger partial charge in [0.2, 0.25) is 0 Å². The number of carbonyl (C=O) groups excluding carboxylic acids is 2. The van der Waals surface area contributed by atoms with Gasteiger partial charge in [-0.25, -0.2) is 0 Å². The molecule has 0 aromatic rings. The van der Waals surface area contributed by atoms with Crippen molar-refractivity contribution >= 4 is 11.8 Å². The van der Waals surface area contributed by atoms with Gasteiger partial charge in [-0.2, -0.15) is 5.06 Å². The standard InChI is InChI=1S/C18H25NO3/c1-22-19-15(20)5-4-12(18(19)21)13-7-11-8-14(13)17-10-3-2-9(6-10)16(11)17/h9-14,16-17H,2-8H2,1H3. The van der Waals surface area contributed by atoms with Crippen LogP contribution in [0.4, 0.5) is 0 Å². The Morgan fingerprint density at radius 1 is 0.909 bits per heavy atom. The minimum Gasteiger partial charge on any atom is -0.272 e. The van der Waals surface area contributed by atoms with Crippen LogP contribution in [0, 0.1) is 47.3 Å². The summed E-state index contributed by atoms with van der Waals surface area (Å²) < 4.78 is 0. The van der Waals surface area contributed by atoms with E-state index >= 15 is 0 Å². The van der Waals surface area contributed by atoms with Gasteiger partial charge in [-0.15, -0.1) is 0 Å². The lowest BCUT2D eigenvalue weighted by Gasteiger charge is -2.42. The van der Waals surface area contributed by atoms with Crippen molar-refractivity contribution in [3.63, 3.8) is 0 Å². The molecule has 4 heteroatoms. The predicted octanol–water partition coefficient (Wildman–Crippen LogP) is 2.63. The van der Waals surface area contributed by atoms with E-state index in [4.69, 9.17) is 4.84 Å². The van der Waals surface area contributed by atoms with Crippen LogP contribution < -0.4 is 0 Å². The molecule has 0 aromatic carbocycles. The van der Waals surface area contributed by atoms with Gasteiger partial charge in [0.05, 0.1) is 7.11 Å². The van der Waals surface area contributed by atoms with E-state index in [1.54, 1.807) is 0 Å². The van der Waals surface area contributed by atoms with Crippen molar-refractivity contribution in [1.29, 1.82) is 0 Å². The summed E-state index contributed by atoms with van der Waals surface area (Å²) in [6, 6.07) is 0. The molecule has 0 N–H and O–H groups in total. The number of rotatable bonds is 2. The SMILES string of the molecule is CON1C(=O)CCC(C2CC3CC2C2C4CCC(C4)C32)C1=O. The smallest absolute Gasteiger partial charge is 0.256 e. The monoisotopic (exact) mass is 303 g/mol. The largest absolute Gasteiger partial charge is 0.272 e. The van der Waals surface area contributed by atoms with Crippen molar-refractivity contribution in [2.24, 2.45) is 47.3 Å². The van der Waals surface area contributed by atoms with Crippen molar-refractivity contribution in [1.82, 2.24) is 5.06 Å². The molecule has 4 nitrogen and oxygen atoms in total. The molecule has 5 rings (SSSR count). The van der Waals surface area contributed by atoms with E-state index in [2.05, 4.69) is 0 Å². The molecule has 5 fully saturated rings. The average molecular weight is 303 g/mol. The fraction of sp³-hybridized carbons (Fsp3) is 0.889. The van der Waals surface area contributed by atoms with Crippen molar-refractivity contribution < 1.29 is 14.4 Å². The van der Waals surface area contributed by atoms with E-state index in [0.29, 0.717) is 12.3 Å². The zero-order valence-corrected chi connectivity index (χ0v) is 13.2. The van der Waals surface area contributed by atoms with Crippen LogP contribution in [-0.2, 0) is 14.4 Å². The molecule has 0 aromatic heterocycles. The lowest BCUT2D eigenvalue weighted by Crippen LogP contribution is -2.48. The van der Waals surface area contributed by atoms with Gasteiger partial charge in [0.25, 0.3) is 11.8 Å². The number of hydrogen-bond acceptors (Lipinski definition) is 3. The number of imide groups is 1. The Bertz CT molecular complexity index is 532. The van der Waals surface area contributed by atoms with Crippen LogP contribution >= 0.6 is 0 Å². The predicted molar refractivity (Wildman–Crippen MR) is 79.1 cm³/mol. The highest BCUT2D eigenvalue weighted by molar-refractivity contribution is 5.97. The first-order valence-electron chi connectivity index (χ1n) is 9.10. The molecule has 5 aliphatic rings. The van der Waals surface area contributed by atoms with Gasteiger partial charge in [-0.1, -0.05) is 0 Å². The van der Waals surface area contributed by atoms with Crippen LogP contribution in [-0.4, -0.2) is 24.0 Å². The Kier molecular flexibility index (Phi) is 2.80. The van der Waals surface area contributed by atoms with Crippen molar-refractivity contribution in [2.75, 3.05) is 7.11 Å². The fourth-order valence-electron chi connectivity index (χ4n) is 7.45. The maximum absolute atomic E-state index is 12.7. The third-order valence-electron chi connectivity index (χ3n) is 7.90. The minimum absolute atomic E-state index is 0.0349. The Balaban J connectivity index is 1.39. The molecule has 8 unspecified atom stereocenters. The summed E-state index contributed by atoms with van der Waals surface area (Å²) in [6.07, 6.45) is 8.18. The number of amides is 2. The Morgan fingerprint density at radius 3 is 2.41 bits per heavy atom. The van der Waals surface area contributed by atoms with E-state index in [1.807, 2.05) is 0 Å². The first kappa shape index (κ1) is 13.5. The molecule has 0 radical (unpaired) electrons. The summed E-state index contributed by atoms with van der Waals surface area (Å²) in [6.45, 7) is 0. The molecule has 4 bridgehead atoms. The summed E-state index contributed by atoms with van der Waals surface area (Å²) in [5.74, 6) is 5.81. The van der Waals surface area contributed by atoms with E-state index in [9.17, 15) is 9.59 Å². The summed E-state index contributed by atoms with van der Waals surface area (Å²) in [5.41, 5.74) is 0. The van der Waals surface area contributed by atoms with E-state index in [1.165, 1.54) is 39.2 Å². The van der Waals surface area contributed by atoms with Gasteiger partial charge in [0, 0.05) is 12.3 Å². The molecule has 4 saturated carbocycles. The van der Waals surface area contributed by atoms with Crippen LogP contribution in [0.25, 0.3) is 0 Å². The maximum Gasteiger partial charge on any atom is 0.256 e. The first-order valence-corrected chi connectivity index (χ1v) is 9.10. The van der Waals surface area contributed by atoms with Gasteiger partial charge >= 0.3 is 0 Å². The summed E-state index contributed by atoms with van der Waals surface area (Å²) in [4.78, 5) is 29.5. The number of hydrogen-bond donors (Lipinski definition) is 0. The molecule has 2 amide bonds. The van der Waals surface area contributed by atoms with E-state index < -0.39 is 0 Å². The molecular weight excluding hydrogens is 278 g/mol. The fourth-order valence-corrected chi connectivity index (χ4v) is 7.45. The lowest BCUT2D eigenvalue weighted by molar-refractivity contribution is -0.198. The van der Waals surface area contributed by atoms with Crippen molar-refractivity contribution in [3.8, 4) is 0 Å². The Hall–Kier alpha value is -0.900. The number of hydroxylamine groups is 2. The molecular formula is C18H25NO3. The molecule has 22 heavy (non-hydrogen) atoms. The summed E-state index contributed by atoms with van der Waals surface area (Å²) >= 11 is 0. The van der Waals surface area contributed by atoms with Crippen molar-refractivity contribution in [3.05, 3.63) is 0 Å². The quantitative estimate of drug-likeness (QED) is 0.582. The molecule has 1 saturated heterocycles. The van der Waals surface area contributed by atoms with Crippen LogP contribution in [0.1, 0.15) is 44.9 Å². The zero-order valence-electron chi connectivity index (χ0n) is 13.2. The molecule has 120 valence electrons. The Morgan fingerprint density at radius 2 is 1.64 bits per heavy atom. The van der Waals surface area contributed by atoms with Gasteiger partial charge < -0.3 is 0 Å². The molecule has 8 atom stereocenters. The second-order valence-corrected chi connectivity index (χ2v) is 8.40. The van der Waals surface area contributed by atoms with E-state index in [-0.39, 0.29) is 17.7 Å². The number of carbonyl (C=O) groups is 2. The third kappa shape index (κ3) is 1.57. The average Bonchev–Trinajstić information content (AvgIpc) is 3.26. The molecule has 4 aliphatic carbocycles. The zero-order chi connectivity index (χ0) is 15.0. The summed E-state index contributed by atoms with van der Waals surface area (Å²) in [5, 5.41) is 1.04. The molecule has 1 aliphatic heterocycles. The third-order valence-corrected chi connectivity index (χ3v) is 7.90. The normalized spacial score (nSPS) is 52.7. The highest BCUT2D eigenvalue weighted by atomic mass is 16.7. The summed E-state index contributed by atoms with van der Waals surface area (Å²) in [7, 11) is 1.44. The maximum atomic E-state index is 12.7. The van der Waals surface area contributed by atoms with Crippen LogP contribution in [0.5, 0.6) is 0 Å². The van der Waals surface area contributed by atoms with Crippen LogP contribution in [0.2, 0.25) is 0 Å². The number of piperidine rings is 1. The minimum atomic E-state index is -0.162. The van der Waals surface area contributed by atoms with Gasteiger partial charge in [0.15, 0.2) is 0 Å². The van der Waals surface area contributed by atoms with E-state index in [0.717, 1.165) is 47.0 Å². The van der Waals surface area contributed by atoms with Crippen LogP contribution in [0.3, 0.4) is 0 Å². The van der Waals surface area contributed by atoms with Gasteiger partial charge in [-0.3, -0.25) is 14.4 Å². The number of fused-ring (bicyclic) bond motifs is 9. The molecule has 0 spiro atoms. The highest BCUT2D eigenvalue weighted by Crippen LogP contribution is 2.70. The second kappa shape index (κ2) is 4.56. The van der Waals surface area contributed by atoms with Crippen molar-refractivity contribution in [2.45, 2.75) is 44.9 Å². The van der Waals surface area contributed by atoms with Crippen LogP contribution in [0.15, 0.2) is 0 Å².